The Kier molecular flexibility index (Phi) is 5.40. The van der Waals surface area contributed by atoms with Crippen molar-refractivity contribution in [1.29, 1.82) is 0 Å². The van der Waals surface area contributed by atoms with Gasteiger partial charge in [0, 0.05) is 39.3 Å². The Morgan fingerprint density at radius 3 is 2.45 bits per heavy atom. The highest BCUT2D eigenvalue weighted by Gasteiger charge is 2.18. The Morgan fingerprint density at radius 2 is 1.79 bits per heavy atom. The predicted molar refractivity (Wildman–Crippen MR) is 108 cm³/mol. The van der Waals surface area contributed by atoms with E-state index in [1.54, 1.807) is 33.4 Å². The number of hydrogen-bond acceptors (Lipinski definition) is 6. The number of nitrogens with zero attached hydrogens (tertiary/aromatic N) is 4. The van der Waals surface area contributed by atoms with Crippen LogP contribution in [0, 0.1) is 0 Å². The van der Waals surface area contributed by atoms with Crippen LogP contribution in [0.4, 0.5) is 0 Å². The summed E-state index contributed by atoms with van der Waals surface area (Å²) >= 11 is 0. The van der Waals surface area contributed by atoms with Gasteiger partial charge in [0.05, 0.1) is 19.6 Å². The van der Waals surface area contributed by atoms with Crippen molar-refractivity contribution >= 4 is 16.9 Å². The van der Waals surface area contributed by atoms with Crippen LogP contribution in [-0.2, 0) is 20.6 Å². The number of amides is 1. The second-order valence-corrected chi connectivity index (χ2v) is 6.61. The molecule has 9 nitrogen and oxygen atoms in total. The van der Waals surface area contributed by atoms with Crippen LogP contribution in [0.2, 0.25) is 0 Å². The molecule has 0 fully saturated rings. The van der Waals surface area contributed by atoms with Crippen molar-refractivity contribution in [1.82, 2.24) is 19.0 Å². The topological polar surface area (TPSA) is 95.7 Å². The Morgan fingerprint density at radius 1 is 1.07 bits per heavy atom. The van der Waals surface area contributed by atoms with E-state index in [2.05, 4.69) is 4.98 Å². The van der Waals surface area contributed by atoms with Gasteiger partial charge in [-0.1, -0.05) is 0 Å². The predicted octanol–water partition coefficient (Wildman–Crippen LogP) is 0.922. The minimum atomic E-state index is -0.504. The standard InChI is InChI=1S/C20H22N4O5/c1-22(11-12-6-7-13(28-4)10-16(12)29-5)19(26)15-9-8-14-17(21-15)23(2)20(27)24(3)18(14)25/h6-10H,11H2,1-5H3. The number of benzene rings is 1. The number of aromatic nitrogens is 3. The van der Waals surface area contributed by atoms with E-state index in [0.29, 0.717) is 11.5 Å². The number of pyridine rings is 1. The minimum Gasteiger partial charge on any atom is -0.497 e. The highest BCUT2D eigenvalue weighted by Crippen LogP contribution is 2.25. The van der Waals surface area contributed by atoms with Crippen LogP contribution in [0.1, 0.15) is 16.1 Å². The van der Waals surface area contributed by atoms with Gasteiger partial charge in [0.2, 0.25) is 0 Å². The number of ether oxygens (including phenoxy) is 2. The van der Waals surface area contributed by atoms with E-state index in [9.17, 15) is 14.4 Å². The molecule has 0 bridgehead atoms. The zero-order chi connectivity index (χ0) is 21.3. The molecule has 0 aliphatic rings. The van der Waals surface area contributed by atoms with Crippen LogP contribution in [0.25, 0.3) is 11.0 Å². The maximum Gasteiger partial charge on any atom is 0.332 e. The lowest BCUT2D eigenvalue weighted by molar-refractivity contribution is 0.0778. The largest absolute Gasteiger partial charge is 0.497 e. The summed E-state index contributed by atoms with van der Waals surface area (Å²) in [5.41, 5.74) is 0.142. The van der Waals surface area contributed by atoms with E-state index >= 15 is 0 Å². The summed E-state index contributed by atoms with van der Waals surface area (Å²) in [5.74, 6) is 0.900. The minimum absolute atomic E-state index is 0.135. The van der Waals surface area contributed by atoms with Crippen molar-refractivity contribution in [2.24, 2.45) is 14.1 Å². The number of rotatable bonds is 5. The van der Waals surface area contributed by atoms with Crippen molar-refractivity contribution in [2.75, 3.05) is 21.3 Å². The maximum absolute atomic E-state index is 12.9. The quantitative estimate of drug-likeness (QED) is 0.634. The van der Waals surface area contributed by atoms with E-state index in [0.717, 1.165) is 10.1 Å². The molecule has 1 amide bonds. The number of aryl methyl sites for hydroxylation is 1. The number of hydrogen-bond donors (Lipinski definition) is 0. The second-order valence-electron chi connectivity index (χ2n) is 6.61. The number of fused-ring (bicyclic) bond motifs is 1. The van der Waals surface area contributed by atoms with E-state index in [1.807, 2.05) is 6.07 Å². The highest BCUT2D eigenvalue weighted by molar-refractivity contribution is 5.94. The van der Waals surface area contributed by atoms with E-state index in [4.69, 9.17) is 9.47 Å². The Hall–Kier alpha value is -3.62. The molecule has 0 aliphatic heterocycles. The van der Waals surface area contributed by atoms with Crippen LogP contribution >= 0.6 is 0 Å². The van der Waals surface area contributed by atoms with Crippen LogP contribution in [0.15, 0.2) is 39.9 Å². The molecule has 0 unspecified atom stereocenters. The lowest BCUT2D eigenvalue weighted by Crippen LogP contribution is -2.37. The van der Waals surface area contributed by atoms with Gasteiger partial charge in [-0.2, -0.15) is 0 Å². The molecule has 3 aromatic rings. The molecular formula is C20H22N4O5. The van der Waals surface area contributed by atoms with E-state index < -0.39 is 11.2 Å². The van der Waals surface area contributed by atoms with Gasteiger partial charge in [-0.25, -0.2) is 9.78 Å². The fraction of sp³-hybridized carbons (Fsp3) is 0.300. The highest BCUT2D eigenvalue weighted by atomic mass is 16.5. The lowest BCUT2D eigenvalue weighted by atomic mass is 10.1. The fourth-order valence-electron chi connectivity index (χ4n) is 3.08. The van der Waals surface area contributed by atoms with Crippen LogP contribution < -0.4 is 20.7 Å². The normalized spacial score (nSPS) is 10.8. The summed E-state index contributed by atoms with van der Waals surface area (Å²) in [6.45, 7) is 0.279. The molecule has 0 N–H and O–H groups in total. The molecule has 0 saturated heterocycles. The Labute approximate surface area is 166 Å². The summed E-state index contributed by atoms with van der Waals surface area (Å²) in [4.78, 5) is 43.1. The third kappa shape index (κ3) is 3.58. The van der Waals surface area contributed by atoms with Gasteiger partial charge in [0.15, 0.2) is 0 Å². The van der Waals surface area contributed by atoms with Gasteiger partial charge >= 0.3 is 5.69 Å². The van der Waals surface area contributed by atoms with Crippen molar-refractivity contribution in [3.8, 4) is 11.5 Å². The van der Waals surface area contributed by atoms with Gasteiger partial charge in [-0.05, 0) is 24.3 Å². The first-order valence-corrected chi connectivity index (χ1v) is 8.81. The van der Waals surface area contributed by atoms with Gasteiger partial charge in [-0.15, -0.1) is 0 Å². The zero-order valence-corrected chi connectivity index (χ0v) is 16.9. The number of methoxy groups -OCH3 is 2. The van der Waals surface area contributed by atoms with E-state index in [1.165, 1.54) is 35.7 Å². The third-order valence-electron chi connectivity index (χ3n) is 4.77. The average Bonchev–Trinajstić information content (AvgIpc) is 2.75. The van der Waals surface area contributed by atoms with Gasteiger partial charge in [0.1, 0.15) is 22.8 Å². The average molecular weight is 398 g/mol. The first-order valence-electron chi connectivity index (χ1n) is 8.81. The number of carbonyl (C=O) groups excluding carboxylic acids is 1. The molecule has 0 saturated carbocycles. The molecular weight excluding hydrogens is 376 g/mol. The molecule has 9 heteroatoms. The fourth-order valence-corrected chi connectivity index (χ4v) is 3.08. The van der Waals surface area contributed by atoms with Crippen molar-refractivity contribution in [2.45, 2.75) is 6.54 Å². The van der Waals surface area contributed by atoms with Crippen LogP contribution in [0.3, 0.4) is 0 Å². The van der Waals surface area contributed by atoms with Crippen molar-refractivity contribution in [3.63, 3.8) is 0 Å². The maximum atomic E-state index is 12.9. The molecule has 2 heterocycles. The Bertz CT molecular complexity index is 1210. The summed E-state index contributed by atoms with van der Waals surface area (Å²) < 4.78 is 12.8. The molecule has 2 aromatic heterocycles. The van der Waals surface area contributed by atoms with Gasteiger partial charge in [0.25, 0.3) is 11.5 Å². The van der Waals surface area contributed by atoms with Crippen LogP contribution in [0.5, 0.6) is 11.5 Å². The zero-order valence-electron chi connectivity index (χ0n) is 16.9. The summed E-state index contributed by atoms with van der Waals surface area (Å²) in [5, 5.41) is 0.269. The molecule has 1 aromatic carbocycles. The van der Waals surface area contributed by atoms with E-state index in [-0.39, 0.29) is 29.2 Å². The first kappa shape index (κ1) is 20.1. The third-order valence-corrected chi connectivity index (χ3v) is 4.77. The summed E-state index contributed by atoms with van der Waals surface area (Å²) in [6.07, 6.45) is 0. The van der Waals surface area contributed by atoms with Gasteiger partial charge in [-0.3, -0.25) is 18.7 Å². The van der Waals surface area contributed by atoms with Crippen molar-refractivity contribution < 1.29 is 14.3 Å². The monoisotopic (exact) mass is 398 g/mol. The smallest absolute Gasteiger partial charge is 0.332 e. The molecule has 3 rings (SSSR count). The molecule has 0 atom stereocenters. The summed E-state index contributed by atoms with van der Waals surface area (Å²) in [6, 6.07) is 8.35. The van der Waals surface area contributed by atoms with Gasteiger partial charge < -0.3 is 14.4 Å². The molecule has 29 heavy (non-hydrogen) atoms. The molecule has 0 radical (unpaired) electrons. The lowest BCUT2D eigenvalue weighted by Gasteiger charge is -2.19. The SMILES string of the molecule is COc1ccc(CN(C)C(=O)c2ccc3c(=O)n(C)c(=O)n(C)c3n2)c(OC)c1. The number of carbonyl (C=O) groups is 1. The molecule has 0 aliphatic carbocycles. The second kappa shape index (κ2) is 7.78. The first-order chi connectivity index (χ1) is 13.8. The summed E-state index contributed by atoms with van der Waals surface area (Å²) in [7, 11) is 7.67. The molecule has 0 spiro atoms. The van der Waals surface area contributed by atoms with Crippen LogP contribution in [-0.4, -0.2) is 46.2 Å². The van der Waals surface area contributed by atoms with Crippen molar-refractivity contribution in [3.05, 3.63) is 62.4 Å². The molecule has 152 valence electrons. The Balaban J connectivity index is 1.95.